The van der Waals surface area contributed by atoms with Gasteiger partial charge in [-0.15, -0.1) is 0 Å². The summed E-state index contributed by atoms with van der Waals surface area (Å²) < 4.78 is 6.34. The molecule has 1 atom stereocenters. The molecule has 6 heteroatoms. The fourth-order valence-electron chi connectivity index (χ4n) is 5.17. The molecular weight excluding hydrogens is 476 g/mol. The van der Waals surface area contributed by atoms with E-state index in [4.69, 9.17) is 9.72 Å². The normalized spacial score (nSPS) is 15.4. The van der Waals surface area contributed by atoms with Gasteiger partial charge in [0.25, 0.3) is 5.91 Å². The Labute approximate surface area is 225 Å². The third kappa shape index (κ3) is 6.35. The molecule has 1 fully saturated rings. The predicted octanol–water partition coefficient (Wildman–Crippen LogP) is 7.29. The van der Waals surface area contributed by atoms with Crippen molar-refractivity contribution in [2.75, 3.05) is 0 Å². The average molecular weight is 517 g/mol. The zero-order valence-corrected chi connectivity index (χ0v) is 23.4. The zero-order valence-electron chi connectivity index (χ0n) is 23.4. The van der Waals surface area contributed by atoms with Gasteiger partial charge in [-0.2, -0.15) is 0 Å². The Hall–Kier alpha value is -3.41. The first kappa shape index (κ1) is 27.6. The van der Waals surface area contributed by atoms with Crippen molar-refractivity contribution >= 4 is 22.6 Å². The lowest BCUT2D eigenvalue weighted by Crippen LogP contribution is -2.49. The van der Waals surface area contributed by atoms with Crippen LogP contribution in [0.3, 0.4) is 0 Å². The van der Waals surface area contributed by atoms with E-state index < -0.39 is 23.3 Å². The van der Waals surface area contributed by atoms with Crippen LogP contribution in [-0.4, -0.2) is 28.0 Å². The molecule has 1 saturated carbocycles. The van der Waals surface area contributed by atoms with Crippen LogP contribution in [0.4, 0.5) is 0 Å². The van der Waals surface area contributed by atoms with Crippen molar-refractivity contribution in [1.82, 2.24) is 10.3 Å². The van der Waals surface area contributed by atoms with E-state index in [1.165, 1.54) is 18.4 Å². The maximum Gasteiger partial charge on any atom is 0.326 e. The first-order valence-corrected chi connectivity index (χ1v) is 13.6. The Morgan fingerprint density at radius 3 is 2.24 bits per heavy atom. The van der Waals surface area contributed by atoms with Crippen molar-refractivity contribution in [3.8, 4) is 11.5 Å². The third-order valence-corrected chi connectivity index (χ3v) is 7.44. The van der Waals surface area contributed by atoms with Crippen LogP contribution in [0.25, 0.3) is 10.8 Å². The lowest BCUT2D eigenvalue weighted by Gasteiger charge is -2.27. The van der Waals surface area contributed by atoms with E-state index >= 15 is 0 Å². The van der Waals surface area contributed by atoms with E-state index in [1.54, 1.807) is 26.8 Å². The average Bonchev–Trinajstić information content (AvgIpc) is 3.34. The minimum atomic E-state index is -1.07. The largest absolute Gasteiger partial charge is 0.480 e. The lowest BCUT2D eigenvalue weighted by molar-refractivity contribution is -0.142. The Balaban J connectivity index is 1.75. The maximum atomic E-state index is 13.4. The molecule has 6 nitrogen and oxygen atoms in total. The Morgan fingerprint density at radius 2 is 1.66 bits per heavy atom. The quantitative estimate of drug-likeness (QED) is 0.344. The van der Waals surface area contributed by atoms with Gasteiger partial charge in [-0.05, 0) is 53.0 Å². The summed E-state index contributed by atoms with van der Waals surface area (Å²) in [4.78, 5) is 30.1. The molecule has 4 rings (SSSR count). The summed E-state index contributed by atoms with van der Waals surface area (Å²) in [6.45, 7) is 11.9. The summed E-state index contributed by atoms with van der Waals surface area (Å²) in [5.41, 5.74) is 1.67. The summed E-state index contributed by atoms with van der Waals surface area (Å²) in [6, 6.07) is 14.6. The number of pyridine rings is 1. The zero-order chi connectivity index (χ0) is 27.7. The van der Waals surface area contributed by atoms with Crippen LogP contribution in [0, 0.1) is 11.3 Å². The van der Waals surface area contributed by atoms with Crippen molar-refractivity contribution in [2.24, 2.45) is 11.3 Å². The van der Waals surface area contributed by atoms with Gasteiger partial charge in [0, 0.05) is 16.5 Å². The van der Waals surface area contributed by atoms with E-state index in [2.05, 4.69) is 38.2 Å². The van der Waals surface area contributed by atoms with E-state index in [0.29, 0.717) is 17.4 Å². The molecule has 1 aromatic heterocycles. The lowest BCUT2D eigenvalue weighted by atomic mass is 9.86. The van der Waals surface area contributed by atoms with Crippen molar-refractivity contribution in [3.05, 3.63) is 65.5 Å². The maximum absolute atomic E-state index is 13.4. The molecule has 2 N–H and O–H groups in total. The molecule has 0 saturated heterocycles. The number of carbonyl (C=O) groups excluding carboxylic acids is 1. The molecule has 1 amide bonds. The van der Waals surface area contributed by atoms with Crippen molar-refractivity contribution in [1.29, 1.82) is 0 Å². The standard InChI is InChI=1S/C32H40N2O4/c1-31(2,3)21-14-16-22(17-15-21)38-27-13-9-12-23-24(27)19-26(33-25(23)18-20-10-7-8-11-20)29(35)34-28(30(36)37)32(4,5)6/h9,12-17,19-20,28H,7-8,10-11,18H2,1-6H3,(H,34,35)(H,36,37)/t28-/m1/s1. The van der Waals surface area contributed by atoms with Crippen molar-refractivity contribution in [3.63, 3.8) is 0 Å². The van der Waals surface area contributed by atoms with Gasteiger partial charge in [0.1, 0.15) is 23.2 Å². The van der Waals surface area contributed by atoms with Gasteiger partial charge >= 0.3 is 5.97 Å². The second-order valence-corrected chi connectivity index (χ2v) is 12.6. The molecule has 0 unspecified atom stereocenters. The van der Waals surface area contributed by atoms with Crippen LogP contribution in [0.1, 0.15) is 89.0 Å². The number of carboxylic acid groups (broad SMARTS) is 1. The highest BCUT2D eigenvalue weighted by atomic mass is 16.5. The number of ether oxygens (including phenoxy) is 1. The number of aliphatic carboxylic acids is 1. The second kappa shape index (κ2) is 10.8. The predicted molar refractivity (Wildman–Crippen MR) is 151 cm³/mol. The van der Waals surface area contributed by atoms with Gasteiger partial charge < -0.3 is 15.2 Å². The van der Waals surface area contributed by atoms with E-state index in [0.717, 1.165) is 35.7 Å². The fourth-order valence-corrected chi connectivity index (χ4v) is 5.17. The van der Waals surface area contributed by atoms with Crippen LogP contribution in [0.5, 0.6) is 11.5 Å². The molecule has 202 valence electrons. The van der Waals surface area contributed by atoms with E-state index in [1.807, 2.05) is 30.3 Å². The number of hydrogen-bond acceptors (Lipinski definition) is 4. The second-order valence-electron chi connectivity index (χ2n) is 12.6. The van der Waals surface area contributed by atoms with Gasteiger partial charge in [-0.3, -0.25) is 4.79 Å². The Kier molecular flexibility index (Phi) is 7.82. The van der Waals surface area contributed by atoms with E-state index in [9.17, 15) is 14.7 Å². The molecule has 3 aromatic rings. The molecule has 1 heterocycles. The van der Waals surface area contributed by atoms with Gasteiger partial charge in [-0.25, -0.2) is 9.78 Å². The number of benzene rings is 2. The van der Waals surface area contributed by atoms with Crippen LogP contribution in [0.2, 0.25) is 0 Å². The topological polar surface area (TPSA) is 88.5 Å². The number of nitrogens with zero attached hydrogens (tertiary/aromatic N) is 1. The molecule has 0 spiro atoms. The van der Waals surface area contributed by atoms with Crippen molar-refractivity contribution < 1.29 is 19.4 Å². The minimum Gasteiger partial charge on any atom is -0.480 e. The highest BCUT2D eigenvalue weighted by Crippen LogP contribution is 2.35. The highest BCUT2D eigenvalue weighted by molar-refractivity contribution is 6.00. The number of fused-ring (bicyclic) bond motifs is 1. The monoisotopic (exact) mass is 516 g/mol. The molecule has 2 aromatic carbocycles. The summed E-state index contributed by atoms with van der Waals surface area (Å²) in [5.74, 6) is 0.316. The molecule has 1 aliphatic rings. The first-order valence-electron chi connectivity index (χ1n) is 13.6. The third-order valence-electron chi connectivity index (χ3n) is 7.44. The molecule has 1 aliphatic carbocycles. The van der Waals surface area contributed by atoms with Crippen LogP contribution >= 0.6 is 0 Å². The van der Waals surface area contributed by atoms with Crippen LogP contribution in [0.15, 0.2) is 48.5 Å². The fraction of sp³-hybridized carbons (Fsp3) is 0.469. The first-order chi connectivity index (χ1) is 17.8. The SMILES string of the molecule is CC(C)(C)c1ccc(Oc2cccc3c(CC4CCCC4)nc(C(=O)N[C@H](C(=O)O)C(C)(C)C)cc23)cc1. The number of rotatable bonds is 7. The number of amides is 1. The molecule has 38 heavy (non-hydrogen) atoms. The molecule has 0 bridgehead atoms. The van der Waals surface area contributed by atoms with Gasteiger partial charge in [0.05, 0.1) is 0 Å². The highest BCUT2D eigenvalue weighted by Gasteiger charge is 2.33. The molecule has 0 aliphatic heterocycles. The van der Waals surface area contributed by atoms with E-state index in [-0.39, 0.29) is 11.1 Å². The van der Waals surface area contributed by atoms with Crippen LogP contribution in [-0.2, 0) is 16.6 Å². The number of carbonyl (C=O) groups is 2. The van der Waals surface area contributed by atoms with Crippen molar-refractivity contribution in [2.45, 2.75) is 85.1 Å². The summed E-state index contributed by atoms with van der Waals surface area (Å²) in [5, 5.41) is 14.2. The smallest absolute Gasteiger partial charge is 0.326 e. The number of carboxylic acids is 1. The summed E-state index contributed by atoms with van der Waals surface area (Å²) >= 11 is 0. The summed E-state index contributed by atoms with van der Waals surface area (Å²) in [7, 11) is 0. The summed E-state index contributed by atoms with van der Waals surface area (Å²) in [6.07, 6.45) is 5.52. The van der Waals surface area contributed by atoms with Gasteiger partial charge in [0.2, 0.25) is 0 Å². The molecule has 0 radical (unpaired) electrons. The number of aromatic nitrogens is 1. The number of hydrogen-bond donors (Lipinski definition) is 2. The Morgan fingerprint density at radius 1 is 1.00 bits per heavy atom. The molecular formula is C32H40N2O4. The number of nitrogens with one attached hydrogen (secondary N) is 1. The minimum absolute atomic E-state index is 0.0436. The van der Waals surface area contributed by atoms with Gasteiger partial charge in [-0.1, -0.05) is 91.5 Å². The van der Waals surface area contributed by atoms with Crippen LogP contribution < -0.4 is 10.1 Å². The van der Waals surface area contributed by atoms with Gasteiger partial charge in [0.15, 0.2) is 0 Å². The Bertz CT molecular complexity index is 1310.